The molecule has 3 amide bonds. The molecule has 0 spiro atoms. The molecule has 1 aromatic carbocycles. The number of nitrogens with zero attached hydrogens (tertiary/aromatic N) is 9. The number of aromatic nitrogens is 7. The van der Waals surface area contributed by atoms with Crippen molar-refractivity contribution in [1.82, 2.24) is 43.7 Å². The summed E-state index contributed by atoms with van der Waals surface area (Å²) in [5.41, 5.74) is 1.79. The van der Waals surface area contributed by atoms with Crippen LogP contribution in [0.5, 0.6) is 0 Å². The molecular formula is C43H51F2N11O5. The number of hydrogen-bond donors (Lipinski definition) is 2. The van der Waals surface area contributed by atoms with Gasteiger partial charge in [-0.1, -0.05) is 18.8 Å². The van der Waals surface area contributed by atoms with E-state index in [1.54, 1.807) is 24.0 Å². The number of benzene rings is 1. The van der Waals surface area contributed by atoms with Crippen LogP contribution in [-0.4, -0.2) is 102 Å². The van der Waals surface area contributed by atoms with Gasteiger partial charge in [0.15, 0.2) is 11.3 Å². The molecule has 5 aromatic rings. The fourth-order valence-electron chi connectivity index (χ4n) is 8.91. The average Bonchev–Trinajstić information content (AvgIpc) is 3.95. The number of carbonyl (C=O) groups excluding carboxylic acids is 3. The van der Waals surface area contributed by atoms with Gasteiger partial charge in [-0.3, -0.25) is 33.5 Å². The molecule has 2 N–H and O–H groups in total. The lowest BCUT2D eigenvalue weighted by molar-refractivity contribution is -0.135. The highest BCUT2D eigenvalue weighted by atomic mass is 19.3. The first-order chi connectivity index (χ1) is 29.5. The Kier molecular flexibility index (Phi) is 12.3. The molecule has 1 aliphatic carbocycles. The van der Waals surface area contributed by atoms with Crippen molar-refractivity contribution < 1.29 is 27.9 Å². The molecule has 16 nitrogen and oxygen atoms in total. The predicted octanol–water partition coefficient (Wildman–Crippen LogP) is 4.86. The fourth-order valence-corrected chi connectivity index (χ4v) is 8.91. The lowest BCUT2D eigenvalue weighted by atomic mass is 9.86. The molecule has 1 saturated carbocycles. The Labute approximate surface area is 351 Å². The number of piperidine rings is 1. The zero-order valence-corrected chi connectivity index (χ0v) is 34.6. The maximum Gasteiger partial charge on any atom is 0.329 e. The predicted molar refractivity (Wildman–Crippen MR) is 224 cm³/mol. The number of imidazole rings is 1. The number of amides is 3. The van der Waals surface area contributed by atoms with Gasteiger partial charge in [0, 0.05) is 50.9 Å². The van der Waals surface area contributed by atoms with E-state index in [0.717, 1.165) is 57.2 Å². The molecule has 3 aliphatic rings. The number of morpholine rings is 1. The van der Waals surface area contributed by atoms with E-state index < -0.39 is 30.0 Å². The first kappa shape index (κ1) is 41.8. The minimum atomic E-state index is -2.87. The minimum Gasteiger partial charge on any atom is -0.377 e. The van der Waals surface area contributed by atoms with Gasteiger partial charge in [-0.25, -0.2) is 23.1 Å². The average molecular weight is 840 g/mol. The smallest absolute Gasteiger partial charge is 0.329 e. The van der Waals surface area contributed by atoms with Crippen LogP contribution in [0.2, 0.25) is 0 Å². The number of rotatable bonds is 12. The molecule has 1 unspecified atom stereocenters. The number of carbonyl (C=O) groups is 3. The number of halogens is 2. The van der Waals surface area contributed by atoms with Crippen molar-refractivity contribution in [2.24, 2.45) is 13.0 Å². The molecule has 8 rings (SSSR count). The number of unbranched alkanes of at least 4 members (excludes halogenated alkanes) is 1. The number of alkyl halides is 2. The van der Waals surface area contributed by atoms with Crippen molar-refractivity contribution >= 4 is 45.9 Å². The summed E-state index contributed by atoms with van der Waals surface area (Å²) >= 11 is 0. The number of ether oxygens (including phenoxy) is 1. The van der Waals surface area contributed by atoms with Gasteiger partial charge in [0.1, 0.15) is 17.4 Å². The molecule has 2 aliphatic heterocycles. The van der Waals surface area contributed by atoms with Crippen LogP contribution in [0, 0.1) is 17.8 Å². The quantitative estimate of drug-likeness (QED) is 0.101. The number of hydrogen-bond acceptors (Lipinski definition) is 10. The number of nitrogens with one attached hydrogen (secondary N) is 2. The van der Waals surface area contributed by atoms with Crippen LogP contribution in [0.25, 0.3) is 16.7 Å². The molecule has 2 saturated heterocycles. The summed E-state index contributed by atoms with van der Waals surface area (Å²) in [7, 11) is 3.76. The van der Waals surface area contributed by atoms with Crippen LogP contribution in [0.1, 0.15) is 105 Å². The lowest BCUT2D eigenvalue weighted by Crippen LogP contribution is -2.45. The summed E-state index contributed by atoms with van der Waals surface area (Å²) in [4.78, 5) is 60.0. The van der Waals surface area contributed by atoms with Crippen molar-refractivity contribution in [1.29, 1.82) is 0 Å². The van der Waals surface area contributed by atoms with Gasteiger partial charge >= 0.3 is 5.69 Å². The third-order valence-corrected chi connectivity index (χ3v) is 12.3. The van der Waals surface area contributed by atoms with E-state index in [0.29, 0.717) is 54.6 Å². The monoisotopic (exact) mass is 839 g/mol. The summed E-state index contributed by atoms with van der Waals surface area (Å²) in [5, 5.41) is 13.6. The number of aryl methyl sites for hydroxylation is 1. The van der Waals surface area contributed by atoms with Crippen molar-refractivity contribution in [2.75, 3.05) is 50.1 Å². The number of fused-ring (bicyclic) bond motifs is 2. The third-order valence-electron chi connectivity index (χ3n) is 12.3. The Morgan fingerprint density at radius 3 is 2.70 bits per heavy atom. The van der Waals surface area contributed by atoms with Crippen molar-refractivity contribution in [2.45, 2.75) is 89.3 Å². The molecule has 6 heterocycles. The Hall–Kier alpha value is -5.93. The molecule has 3 fully saturated rings. The van der Waals surface area contributed by atoms with Gasteiger partial charge in [0.05, 0.1) is 48.2 Å². The molecule has 4 aromatic heterocycles. The van der Waals surface area contributed by atoms with Crippen LogP contribution in [0.4, 0.5) is 20.3 Å². The van der Waals surface area contributed by atoms with Gasteiger partial charge in [-0.15, -0.1) is 0 Å². The molecule has 61 heavy (non-hydrogen) atoms. The maximum atomic E-state index is 14.3. The Bertz CT molecular complexity index is 2560. The second kappa shape index (κ2) is 18.0. The molecule has 0 bridgehead atoms. The highest BCUT2D eigenvalue weighted by molar-refractivity contribution is 6.08. The van der Waals surface area contributed by atoms with Gasteiger partial charge in [-0.2, -0.15) is 10.2 Å². The molecule has 0 radical (unpaired) electrons. The Balaban J connectivity index is 0.822. The lowest BCUT2D eigenvalue weighted by Gasteiger charge is -2.35. The number of anilines is 2. The van der Waals surface area contributed by atoms with E-state index >= 15 is 0 Å². The normalized spacial score (nSPS) is 21.0. The van der Waals surface area contributed by atoms with E-state index in [9.17, 15) is 28.0 Å². The molecule has 322 valence electrons. The van der Waals surface area contributed by atoms with Crippen LogP contribution in [-0.2, 0) is 21.4 Å². The van der Waals surface area contributed by atoms with E-state index in [-0.39, 0.29) is 47.8 Å². The van der Waals surface area contributed by atoms with Gasteiger partial charge < -0.3 is 19.9 Å². The first-order valence-electron chi connectivity index (χ1n) is 21.1. The van der Waals surface area contributed by atoms with Crippen LogP contribution in [0.3, 0.4) is 0 Å². The van der Waals surface area contributed by atoms with Crippen molar-refractivity contribution in [3.8, 4) is 11.8 Å². The standard InChI is InChI=1S/C43H51F2N11O5/c1-4-29-26-61-21-20-53(29)36-17-19-54-40(48-36)31(23-46-54)41(58)47-32-25-55(50-38(32)39(44)45)30-12-9-28(10-13-30)24-51(2)18-7-5-6-8-27-11-14-33-35(22-27)52(3)43(60)56(33)34-15-16-37(57)49-42(34)59/h11,14,17,19,22-23,25,28-30,34,39H,4-5,7,9-10,12-13,15-16,18,20-21,24,26H2,1-3H3,(H,47,58)(H,49,57,59)/t28-,29-,30-,34?/m1/s1. The largest absolute Gasteiger partial charge is 0.377 e. The van der Waals surface area contributed by atoms with E-state index in [4.69, 9.17) is 9.72 Å². The van der Waals surface area contributed by atoms with E-state index in [1.807, 2.05) is 18.2 Å². The fraction of sp³-hybridized carbons (Fsp3) is 0.512. The second-order valence-electron chi connectivity index (χ2n) is 16.3. The number of imide groups is 1. The zero-order chi connectivity index (χ0) is 42.8. The molecular weight excluding hydrogens is 789 g/mol. The molecule has 18 heteroatoms. The second-order valence-corrected chi connectivity index (χ2v) is 16.3. The SMILES string of the molecule is CC[C@@H]1COCCN1c1ccn2ncc(C(=O)Nc3cn([C@H]4CC[C@H](CN(C)CCCC#Cc5ccc6c(c5)n(C)c(=O)n6C5CCC(=O)NC5=O)CC4)nc3C(F)F)c2n1. The highest BCUT2D eigenvalue weighted by Gasteiger charge is 2.32. The summed E-state index contributed by atoms with van der Waals surface area (Å²) < 4.78 is 40.2. The first-order valence-corrected chi connectivity index (χ1v) is 21.1. The summed E-state index contributed by atoms with van der Waals surface area (Å²) in [5.74, 6) is 6.25. The van der Waals surface area contributed by atoms with Gasteiger partial charge in [0.25, 0.3) is 12.3 Å². The summed E-state index contributed by atoms with van der Waals surface area (Å²) in [6.45, 7) is 5.71. The summed E-state index contributed by atoms with van der Waals surface area (Å²) in [6, 6.07) is 6.72. The minimum absolute atomic E-state index is 0.0188. The van der Waals surface area contributed by atoms with Crippen LogP contribution >= 0.6 is 0 Å². The van der Waals surface area contributed by atoms with E-state index in [1.165, 1.54) is 26.0 Å². The van der Waals surface area contributed by atoms with Crippen molar-refractivity contribution in [3.63, 3.8) is 0 Å². The third kappa shape index (κ3) is 8.80. The maximum absolute atomic E-state index is 14.3. The zero-order valence-electron chi connectivity index (χ0n) is 34.6. The van der Waals surface area contributed by atoms with Crippen LogP contribution < -0.4 is 21.2 Å². The van der Waals surface area contributed by atoms with Crippen LogP contribution in [0.15, 0.2) is 47.7 Å². The van der Waals surface area contributed by atoms with Gasteiger partial charge in [0.2, 0.25) is 11.8 Å². The van der Waals surface area contributed by atoms with Gasteiger partial charge in [-0.05, 0) is 88.7 Å². The topological polar surface area (TPSA) is 166 Å². The van der Waals surface area contributed by atoms with Crippen molar-refractivity contribution in [3.05, 3.63) is 70.2 Å². The highest BCUT2D eigenvalue weighted by Crippen LogP contribution is 2.35. The molecule has 2 atom stereocenters. The summed E-state index contributed by atoms with van der Waals surface area (Å²) in [6.07, 6.45) is 8.14. The Morgan fingerprint density at radius 1 is 1.11 bits per heavy atom. The van der Waals surface area contributed by atoms with E-state index in [2.05, 4.69) is 56.4 Å². The Morgan fingerprint density at radius 2 is 1.93 bits per heavy atom.